The van der Waals surface area contributed by atoms with Crippen LogP contribution in [0.4, 0.5) is 0 Å². The molecule has 1 saturated carbocycles. The van der Waals surface area contributed by atoms with Crippen molar-refractivity contribution < 1.29 is 9.59 Å². The third-order valence-corrected chi connectivity index (χ3v) is 4.92. The standard InChI is InChI=1S/C19H28N2O2/c1-14-9-7-8-12-18(14)21(3)19(23)13-17(20-15(2)22)16-10-5-4-6-11-16/h4-6,10-11,14,17-18H,7-9,12-13H2,1-3H3,(H,20,22). The highest BCUT2D eigenvalue weighted by Crippen LogP contribution is 2.28. The van der Waals surface area contributed by atoms with E-state index in [4.69, 9.17) is 0 Å². The first-order chi connectivity index (χ1) is 11.0. The maximum Gasteiger partial charge on any atom is 0.224 e. The maximum absolute atomic E-state index is 12.7. The van der Waals surface area contributed by atoms with E-state index in [-0.39, 0.29) is 17.9 Å². The molecule has 1 aliphatic rings. The topological polar surface area (TPSA) is 49.4 Å². The zero-order valence-electron chi connectivity index (χ0n) is 14.4. The molecule has 23 heavy (non-hydrogen) atoms. The van der Waals surface area contributed by atoms with Gasteiger partial charge in [-0.2, -0.15) is 0 Å². The molecule has 1 fully saturated rings. The predicted octanol–water partition coefficient (Wildman–Crippen LogP) is 3.29. The van der Waals surface area contributed by atoms with Crippen molar-refractivity contribution in [2.24, 2.45) is 5.92 Å². The van der Waals surface area contributed by atoms with Gasteiger partial charge in [0.25, 0.3) is 0 Å². The fraction of sp³-hybridized carbons (Fsp3) is 0.579. The minimum Gasteiger partial charge on any atom is -0.349 e. The second kappa shape index (κ2) is 8.14. The van der Waals surface area contributed by atoms with Crippen molar-refractivity contribution in [1.29, 1.82) is 0 Å². The van der Waals surface area contributed by atoms with Crippen molar-refractivity contribution in [2.75, 3.05) is 7.05 Å². The first-order valence-electron chi connectivity index (χ1n) is 8.56. The van der Waals surface area contributed by atoms with E-state index < -0.39 is 0 Å². The largest absolute Gasteiger partial charge is 0.349 e. The molecule has 4 nitrogen and oxygen atoms in total. The number of benzene rings is 1. The Bertz CT molecular complexity index is 529. The van der Waals surface area contributed by atoms with Gasteiger partial charge in [0.2, 0.25) is 11.8 Å². The molecular weight excluding hydrogens is 288 g/mol. The zero-order valence-corrected chi connectivity index (χ0v) is 14.4. The van der Waals surface area contributed by atoms with Crippen molar-refractivity contribution in [3.63, 3.8) is 0 Å². The monoisotopic (exact) mass is 316 g/mol. The van der Waals surface area contributed by atoms with Gasteiger partial charge >= 0.3 is 0 Å². The molecule has 0 spiro atoms. The van der Waals surface area contributed by atoms with Crippen LogP contribution in [0.1, 0.15) is 57.6 Å². The van der Waals surface area contributed by atoms with Gasteiger partial charge in [0.1, 0.15) is 0 Å². The first kappa shape index (κ1) is 17.5. The van der Waals surface area contributed by atoms with Crippen LogP contribution in [0, 0.1) is 5.92 Å². The quantitative estimate of drug-likeness (QED) is 0.906. The van der Waals surface area contributed by atoms with Crippen molar-refractivity contribution in [3.05, 3.63) is 35.9 Å². The molecule has 1 aromatic rings. The molecule has 0 radical (unpaired) electrons. The lowest BCUT2D eigenvalue weighted by Crippen LogP contribution is -2.44. The van der Waals surface area contributed by atoms with Crippen molar-refractivity contribution in [3.8, 4) is 0 Å². The molecule has 1 aromatic carbocycles. The minimum atomic E-state index is -0.262. The van der Waals surface area contributed by atoms with E-state index >= 15 is 0 Å². The third kappa shape index (κ3) is 4.81. The molecule has 1 N–H and O–H groups in total. The summed E-state index contributed by atoms with van der Waals surface area (Å²) in [4.78, 5) is 26.1. The SMILES string of the molecule is CC(=O)NC(CC(=O)N(C)C1CCCCC1C)c1ccccc1. The number of amides is 2. The summed E-state index contributed by atoms with van der Waals surface area (Å²) in [6.45, 7) is 3.73. The Balaban J connectivity index is 2.06. The van der Waals surface area contributed by atoms with E-state index in [0.29, 0.717) is 18.4 Å². The summed E-state index contributed by atoms with van der Waals surface area (Å²) in [5.74, 6) is 0.542. The van der Waals surface area contributed by atoms with Crippen LogP contribution in [0.2, 0.25) is 0 Å². The molecule has 2 rings (SSSR count). The Morgan fingerprint density at radius 3 is 2.48 bits per heavy atom. The average molecular weight is 316 g/mol. The van der Waals surface area contributed by atoms with Gasteiger partial charge in [0.15, 0.2) is 0 Å². The lowest BCUT2D eigenvalue weighted by atomic mass is 9.85. The fourth-order valence-corrected chi connectivity index (χ4v) is 3.56. The van der Waals surface area contributed by atoms with Crippen LogP contribution in [0.15, 0.2) is 30.3 Å². The number of nitrogens with one attached hydrogen (secondary N) is 1. The Labute approximate surface area is 139 Å². The van der Waals surface area contributed by atoms with Gasteiger partial charge in [0.05, 0.1) is 12.5 Å². The molecule has 2 amide bonds. The summed E-state index contributed by atoms with van der Waals surface area (Å²) in [5.41, 5.74) is 0.973. The summed E-state index contributed by atoms with van der Waals surface area (Å²) in [6.07, 6.45) is 5.04. The maximum atomic E-state index is 12.7. The van der Waals surface area contributed by atoms with E-state index in [1.807, 2.05) is 42.3 Å². The molecule has 3 unspecified atom stereocenters. The minimum absolute atomic E-state index is 0.103. The highest BCUT2D eigenvalue weighted by molar-refractivity contribution is 5.79. The van der Waals surface area contributed by atoms with Crippen LogP contribution in [-0.2, 0) is 9.59 Å². The number of hydrogen-bond donors (Lipinski definition) is 1. The Kier molecular flexibility index (Phi) is 6.20. The molecule has 126 valence electrons. The van der Waals surface area contributed by atoms with E-state index in [9.17, 15) is 9.59 Å². The predicted molar refractivity (Wildman–Crippen MR) is 91.8 cm³/mol. The summed E-state index contributed by atoms with van der Waals surface area (Å²) in [5, 5.41) is 2.91. The van der Waals surface area contributed by atoms with Crippen LogP contribution in [0.5, 0.6) is 0 Å². The van der Waals surface area contributed by atoms with Crippen molar-refractivity contribution >= 4 is 11.8 Å². The third-order valence-electron chi connectivity index (χ3n) is 4.92. The normalized spacial score (nSPS) is 22.2. The molecule has 0 bridgehead atoms. The molecular formula is C19H28N2O2. The highest BCUT2D eigenvalue weighted by atomic mass is 16.2. The molecule has 0 aliphatic heterocycles. The smallest absolute Gasteiger partial charge is 0.224 e. The number of carbonyl (C=O) groups excluding carboxylic acids is 2. The molecule has 4 heteroatoms. The zero-order chi connectivity index (χ0) is 16.8. The Morgan fingerprint density at radius 2 is 1.87 bits per heavy atom. The summed E-state index contributed by atoms with van der Waals surface area (Å²) in [7, 11) is 1.91. The number of hydrogen-bond acceptors (Lipinski definition) is 2. The Morgan fingerprint density at radius 1 is 1.22 bits per heavy atom. The summed E-state index contributed by atoms with van der Waals surface area (Å²) in [6, 6.07) is 9.77. The van der Waals surface area contributed by atoms with Gasteiger partial charge < -0.3 is 10.2 Å². The van der Waals surface area contributed by atoms with Crippen LogP contribution in [-0.4, -0.2) is 29.8 Å². The second-order valence-electron chi connectivity index (χ2n) is 6.70. The lowest BCUT2D eigenvalue weighted by Gasteiger charge is -2.37. The Hall–Kier alpha value is -1.84. The van der Waals surface area contributed by atoms with Gasteiger partial charge in [-0.05, 0) is 24.3 Å². The number of rotatable bonds is 5. The van der Waals surface area contributed by atoms with Gasteiger partial charge in [-0.25, -0.2) is 0 Å². The van der Waals surface area contributed by atoms with Crippen molar-refractivity contribution in [2.45, 2.75) is 58.0 Å². The first-order valence-corrected chi connectivity index (χ1v) is 8.56. The number of nitrogens with zero attached hydrogens (tertiary/aromatic N) is 1. The van der Waals surface area contributed by atoms with E-state index in [0.717, 1.165) is 12.0 Å². The highest BCUT2D eigenvalue weighted by Gasteiger charge is 2.29. The van der Waals surface area contributed by atoms with E-state index in [1.54, 1.807) is 0 Å². The van der Waals surface area contributed by atoms with Gasteiger partial charge in [-0.15, -0.1) is 0 Å². The van der Waals surface area contributed by atoms with Crippen LogP contribution in [0.25, 0.3) is 0 Å². The van der Waals surface area contributed by atoms with Crippen LogP contribution in [0.3, 0.4) is 0 Å². The lowest BCUT2D eigenvalue weighted by molar-refractivity contribution is -0.134. The van der Waals surface area contributed by atoms with Crippen LogP contribution < -0.4 is 5.32 Å². The molecule has 0 heterocycles. The summed E-state index contributed by atoms with van der Waals surface area (Å²) < 4.78 is 0. The number of carbonyl (C=O) groups is 2. The van der Waals surface area contributed by atoms with Crippen LogP contribution >= 0.6 is 0 Å². The van der Waals surface area contributed by atoms with Gasteiger partial charge in [0, 0.05) is 20.0 Å². The molecule has 3 atom stereocenters. The molecule has 0 aromatic heterocycles. The van der Waals surface area contributed by atoms with Gasteiger partial charge in [-0.3, -0.25) is 9.59 Å². The average Bonchev–Trinajstić information content (AvgIpc) is 2.54. The fourth-order valence-electron chi connectivity index (χ4n) is 3.56. The van der Waals surface area contributed by atoms with E-state index in [2.05, 4.69) is 12.2 Å². The summed E-state index contributed by atoms with van der Waals surface area (Å²) >= 11 is 0. The van der Waals surface area contributed by atoms with Crippen molar-refractivity contribution in [1.82, 2.24) is 10.2 Å². The van der Waals surface area contributed by atoms with Gasteiger partial charge in [-0.1, -0.05) is 50.1 Å². The molecule has 1 aliphatic carbocycles. The molecule has 0 saturated heterocycles. The second-order valence-corrected chi connectivity index (χ2v) is 6.70. The van der Waals surface area contributed by atoms with E-state index in [1.165, 1.54) is 26.2 Å².